The molecule has 0 nitrogen and oxygen atoms in total. The van der Waals surface area contributed by atoms with Crippen molar-refractivity contribution in [1.82, 2.24) is 0 Å². The monoisotopic (exact) mass is 186 g/mol. The van der Waals surface area contributed by atoms with Crippen LogP contribution in [0, 0.1) is 25.2 Å². The molecular formula is C14H18. The van der Waals surface area contributed by atoms with Gasteiger partial charge in [-0.1, -0.05) is 37.6 Å². The van der Waals surface area contributed by atoms with Crippen molar-refractivity contribution in [3.63, 3.8) is 0 Å². The second-order valence-corrected chi connectivity index (χ2v) is 3.90. The largest absolute Gasteiger partial charge is 0.120 e. The molecule has 0 saturated heterocycles. The van der Waals surface area contributed by atoms with Gasteiger partial charge in [-0.25, -0.2) is 0 Å². The number of rotatable bonds is 3. The molecule has 14 heavy (non-hydrogen) atoms. The lowest BCUT2D eigenvalue weighted by Crippen LogP contribution is -2.00. The second-order valence-electron chi connectivity index (χ2n) is 3.90. The first-order valence-electron chi connectivity index (χ1n) is 5.22. The van der Waals surface area contributed by atoms with Gasteiger partial charge in [-0.05, 0) is 30.9 Å². The van der Waals surface area contributed by atoms with E-state index in [0.29, 0.717) is 5.92 Å². The van der Waals surface area contributed by atoms with Gasteiger partial charge in [-0.15, -0.1) is 12.3 Å². The lowest BCUT2D eigenvalue weighted by Gasteiger charge is -2.10. The number of aryl methyl sites for hydroxylation is 2. The minimum absolute atomic E-state index is 0.336. The molecule has 0 aliphatic heterocycles. The molecular weight excluding hydrogens is 168 g/mol. The Morgan fingerprint density at radius 3 is 2.64 bits per heavy atom. The maximum atomic E-state index is 5.39. The molecule has 0 saturated carbocycles. The quantitative estimate of drug-likeness (QED) is 0.635. The van der Waals surface area contributed by atoms with Crippen LogP contribution in [-0.4, -0.2) is 0 Å². The van der Waals surface area contributed by atoms with Gasteiger partial charge in [0.15, 0.2) is 0 Å². The van der Waals surface area contributed by atoms with Crippen molar-refractivity contribution >= 4 is 0 Å². The van der Waals surface area contributed by atoms with Crippen molar-refractivity contribution in [2.75, 3.05) is 0 Å². The van der Waals surface area contributed by atoms with Crippen molar-refractivity contribution in [1.29, 1.82) is 0 Å². The van der Waals surface area contributed by atoms with E-state index in [1.54, 1.807) is 0 Å². The van der Waals surface area contributed by atoms with Gasteiger partial charge >= 0.3 is 0 Å². The molecule has 0 aliphatic rings. The van der Waals surface area contributed by atoms with E-state index in [1.807, 2.05) is 0 Å². The van der Waals surface area contributed by atoms with E-state index in [1.165, 1.54) is 16.7 Å². The van der Waals surface area contributed by atoms with Crippen LogP contribution in [0.5, 0.6) is 0 Å². The smallest absolute Gasteiger partial charge is 0.0212 e. The molecule has 1 rings (SSSR count). The Labute approximate surface area is 87.4 Å². The normalized spacial score (nSPS) is 12.1. The van der Waals surface area contributed by atoms with Crippen LogP contribution in [0.2, 0.25) is 0 Å². The fraction of sp³-hybridized carbons (Fsp3) is 0.429. The fourth-order valence-electron chi connectivity index (χ4n) is 1.67. The summed E-state index contributed by atoms with van der Waals surface area (Å²) in [5.41, 5.74) is 4.18. The van der Waals surface area contributed by atoms with Crippen molar-refractivity contribution in [3.8, 4) is 12.3 Å². The lowest BCUT2D eigenvalue weighted by molar-refractivity contribution is 0.743. The van der Waals surface area contributed by atoms with Gasteiger partial charge in [0, 0.05) is 5.92 Å². The Morgan fingerprint density at radius 2 is 2.07 bits per heavy atom. The zero-order chi connectivity index (χ0) is 10.6. The second kappa shape index (κ2) is 4.86. The maximum Gasteiger partial charge on any atom is 0.0212 e. The first-order valence-corrected chi connectivity index (χ1v) is 5.22. The number of terminal acetylenes is 1. The Kier molecular flexibility index (Phi) is 3.77. The van der Waals surface area contributed by atoms with Gasteiger partial charge < -0.3 is 0 Å². The zero-order valence-corrected chi connectivity index (χ0v) is 9.30. The summed E-state index contributed by atoms with van der Waals surface area (Å²) < 4.78 is 0. The van der Waals surface area contributed by atoms with E-state index < -0.39 is 0 Å². The van der Waals surface area contributed by atoms with Gasteiger partial charge in [0.05, 0.1) is 0 Å². The van der Waals surface area contributed by atoms with Crippen LogP contribution in [0.25, 0.3) is 0 Å². The van der Waals surface area contributed by atoms with Crippen molar-refractivity contribution in [2.45, 2.75) is 33.6 Å². The molecule has 0 spiro atoms. The Bertz CT molecular complexity index is 342. The van der Waals surface area contributed by atoms with E-state index in [2.05, 4.69) is 44.9 Å². The van der Waals surface area contributed by atoms with E-state index in [4.69, 9.17) is 6.42 Å². The third kappa shape index (κ3) is 2.64. The summed E-state index contributed by atoms with van der Waals surface area (Å²) in [6, 6.07) is 6.64. The number of hydrogen-bond donors (Lipinski definition) is 0. The maximum absolute atomic E-state index is 5.39. The molecule has 1 aromatic rings. The van der Waals surface area contributed by atoms with Gasteiger partial charge in [-0.2, -0.15) is 0 Å². The van der Waals surface area contributed by atoms with Crippen molar-refractivity contribution < 1.29 is 0 Å². The Morgan fingerprint density at radius 1 is 1.36 bits per heavy atom. The molecule has 74 valence electrons. The topological polar surface area (TPSA) is 0 Å². The molecule has 0 radical (unpaired) electrons. The summed E-state index contributed by atoms with van der Waals surface area (Å²) in [7, 11) is 0. The summed E-state index contributed by atoms with van der Waals surface area (Å²) in [6.07, 6.45) is 7.48. The molecule has 0 heterocycles. The average molecular weight is 186 g/mol. The molecule has 1 unspecified atom stereocenters. The van der Waals surface area contributed by atoms with E-state index >= 15 is 0 Å². The summed E-state index contributed by atoms with van der Waals surface area (Å²) in [5, 5.41) is 0. The third-order valence-electron chi connectivity index (χ3n) is 2.55. The van der Waals surface area contributed by atoms with Crippen LogP contribution in [0.3, 0.4) is 0 Å². The van der Waals surface area contributed by atoms with Crippen molar-refractivity contribution in [2.24, 2.45) is 5.92 Å². The van der Waals surface area contributed by atoms with Crippen molar-refractivity contribution in [3.05, 3.63) is 34.9 Å². The first-order chi connectivity index (χ1) is 6.67. The van der Waals surface area contributed by atoms with Gasteiger partial charge in [0.2, 0.25) is 0 Å². The molecule has 1 aromatic carbocycles. The van der Waals surface area contributed by atoms with Gasteiger partial charge in [0.25, 0.3) is 0 Å². The van der Waals surface area contributed by atoms with Gasteiger partial charge in [0.1, 0.15) is 0 Å². The highest BCUT2D eigenvalue weighted by Gasteiger charge is 2.04. The standard InChI is InChI=1S/C14H18/c1-5-11(3)9-14-8-7-12(4)10-13(14)6-2/h1,7-8,10-11H,6,9H2,2-4H3. The molecule has 0 amide bonds. The predicted octanol–water partition coefficient (Wildman–Crippen LogP) is 3.37. The summed E-state index contributed by atoms with van der Waals surface area (Å²) >= 11 is 0. The van der Waals surface area contributed by atoms with E-state index in [9.17, 15) is 0 Å². The minimum atomic E-state index is 0.336. The number of hydrogen-bond acceptors (Lipinski definition) is 0. The highest BCUT2D eigenvalue weighted by molar-refractivity contribution is 5.32. The zero-order valence-electron chi connectivity index (χ0n) is 9.30. The molecule has 0 aromatic heterocycles. The molecule has 0 bridgehead atoms. The van der Waals surface area contributed by atoms with Crippen LogP contribution in [0.1, 0.15) is 30.5 Å². The summed E-state index contributed by atoms with van der Waals surface area (Å²) in [5.74, 6) is 3.12. The minimum Gasteiger partial charge on any atom is -0.120 e. The van der Waals surface area contributed by atoms with Crippen LogP contribution in [0.4, 0.5) is 0 Å². The molecule has 1 atom stereocenters. The summed E-state index contributed by atoms with van der Waals surface area (Å²) in [4.78, 5) is 0. The van der Waals surface area contributed by atoms with E-state index in [0.717, 1.165) is 12.8 Å². The third-order valence-corrected chi connectivity index (χ3v) is 2.55. The van der Waals surface area contributed by atoms with Gasteiger partial charge in [-0.3, -0.25) is 0 Å². The molecule has 0 heteroatoms. The Balaban J connectivity index is 2.92. The first kappa shape index (κ1) is 10.9. The fourth-order valence-corrected chi connectivity index (χ4v) is 1.67. The average Bonchev–Trinajstić information content (AvgIpc) is 2.20. The highest BCUT2D eigenvalue weighted by atomic mass is 14.1. The lowest BCUT2D eigenvalue weighted by atomic mass is 9.95. The molecule has 0 aliphatic carbocycles. The predicted molar refractivity (Wildman–Crippen MR) is 62.3 cm³/mol. The molecule has 0 fully saturated rings. The van der Waals surface area contributed by atoms with Crippen LogP contribution in [0.15, 0.2) is 18.2 Å². The highest BCUT2D eigenvalue weighted by Crippen LogP contribution is 2.16. The van der Waals surface area contributed by atoms with Crippen LogP contribution < -0.4 is 0 Å². The van der Waals surface area contributed by atoms with E-state index in [-0.39, 0.29) is 0 Å². The Hall–Kier alpha value is -1.22. The SMILES string of the molecule is C#CC(C)Cc1ccc(C)cc1CC. The molecule has 0 N–H and O–H groups in total. The van der Waals surface area contributed by atoms with Crippen LogP contribution in [-0.2, 0) is 12.8 Å². The van der Waals surface area contributed by atoms with Crippen LogP contribution >= 0.6 is 0 Å². The summed E-state index contributed by atoms with van der Waals surface area (Å²) in [6.45, 7) is 6.42. The number of benzene rings is 1.